The zero-order chi connectivity index (χ0) is 30.7. The van der Waals surface area contributed by atoms with Gasteiger partial charge in [-0.2, -0.15) is 0 Å². The van der Waals surface area contributed by atoms with E-state index in [0.717, 1.165) is 45.7 Å². The van der Waals surface area contributed by atoms with Crippen LogP contribution in [-0.2, 0) is 33.8 Å². The third-order valence-electron chi connectivity index (χ3n) is 8.33. The number of nitrogens with one attached hydrogen (secondary N) is 1. The van der Waals surface area contributed by atoms with E-state index in [0.29, 0.717) is 25.3 Å². The number of carbonyl (C=O) groups excluding carboxylic acids is 3. The molecule has 0 radical (unpaired) electrons. The summed E-state index contributed by atoms with van der Waals surface area (Å²) in [5.74, 6) is -0.985. The molecule has 1 saturated heterocycles. The van der Waals surface area contributed by atoms with Crippen molar-refractivity contribution in [2.75, 3.05) is 20.3 Å². The van der Waals surface area contributed by atoms with E-state index in [4.69, 9.17) is 4.74 Å². The maximum Gasteiger partial charge on any atom is 0.255 e. The lowest BCUT2D eigenvalue weighted by Crippen LogP contribution is -2.55. The number of aromatic nitrogens is 1. The number of ether oxygens (including phenoxy) is 1. The summed E-state index contributed by atoms with van der Waals surface area (Å²) in [6.45, 7) is 7.17. The average Bonchev–Trinajstić information content (AvgIpc) is 3.69. The van der Waals surface area contributed by atoms with Gasteiger partial charge in [0.2, 0.25) is 11.8 Å². The van der Waals surface area contributed by atoms with Crippen LogP contribution in [0.25, 0.3) is 10.4 Å². The number of amides is 3. The average molecular weight is 605 g/mol. The molecular weight excluding hydrogens is 564 g/mol. The van der Waals surface area contributed by atoms with Crippen LogP contribution in [0.5, 0.6) is 0 Å². The molecular formula is C33H40N4O5S. The van der Waals surface area contributed by atoms with Gasteiger partial charge in [0.15, 0.2) is 0 Å². The number of benzene rings is 2. The quantitative estimate of drug-likeness (QED) is 0.321. The Hall–Kier alpha value is -3.60. The van der Waals surface area contributed by atoms with E-state index in [2.05, 4.69) is 10.3 Å². The Morgan fingerprint density at radius 2 is 1.91 bits per heavy atom. The smallest absolute Gasteiger partial charge is 0.255 e. The summed E-state index contributed by atoms with van der Waals surface area (Å²) in [7, 11) is 1.68. The van der Waals surface area contributed by atoms with Crippen LogP contribution >= 0.6 is 11.3 Å². The normalized spacial score (nSPS) is 18.8. The van der Waals surface area contributed by atoms with Gasteiger partial charge in [0.05, 0.1) is 22.2 Å². The van der Waals surface area contributed by atoms with Crippen LogP contribution in [0.3, 0.4) is 0 Å². The molecule has 0 bridgehead atoms. The van der Waals surface area contributed by atoms with Crippen molar-refractivity contribution in [1.29, 1.82) is 0 Å². The molecule has 43 heavy (non-hydrogen) atoms. The lowest BCUT2D eigenvalue weighted by atomic mass is 10.0. The van der Waals surface area contributed by atoms with E-state index < -0.39 is 18.2 Å². The first-order chi connectivity index (χ1) is 20.7. The minimum atomic E-state index is -0.810. The first kappa shape index (κ1) is 30.8. The van der Waals surface area contributed by atoms with Crippen molar-refractivity contribution in [3.63, 3.8) is 0 Å². The number of fused-ring (bicyclic) bond motifs is 1. The van der Waals surface area contributed by atoms with Crippen molar-refractivity contribution in [1.82, 2.24) is 20.1 Å². The number of carbonyl (C=O) groups is 3. The summed E-state index contributed by atoms with van der Waals surface area (Å²) in [6, 6.07) is 12.3. The minimum absolute atomic E-state index is 0.0572. The second-order valence-corrected chi connectivity index (χ2v) is 12.6. The maximum absolute atomic E-state index is 14.0. The van der Waals surface area contributed by atoms with E-state index in [1.165, 1.54) is 4.90 Å². The second kappa shape index (κ2) is 13.4. The monoisotopic (exact) mass is 604 g/mol. The molecule has 2 aromatic carbocycles. The predicted octanol–water partition coefficient (Wildman–Crippen LogP) is 3.96. The molecule has 228 valence electrons. The number of thiazole rings is 1. The molecule has 10 heteroatoms. The molecule has 1 aromatic heterocycles. The number of β-amino-alcohol motifs (C(OH)–C–C–N with tert-alkyl or cyclic N) is 1. The zero-order valence-electron chi connectivity index (χ0n) is 25.2. The van der Waals surface area contributed by atoms with Crippen LogP contribution in [-0.4, -0.2) is 76.1 Å². The lowest BCUT2D eigenvalue weighted by molar-refractivity contribution is -0.143. The third kappa shape index (κ3) is 6.66. The number of likely N-dealkylation sites (tertiary alicyclic amines) is 1. The van der Waals surface area contributed by atoms with Crippen molar-refractivity contribution in [2.45, 2.75) is 71.3 Å². The van der Waals surface area contributed by atoms with Crippen LogP contribution < -0.4 is 5.32 Å². The van der Waals surface area contributed by atoms with Gasteiger partial charge in [-0.25, -0.2) is 4.98 Å². The van der Waals surface area contributed by atoms with E-state index in [1.54, 1.807) is 23.3 Å². The van der Waals surface area contributed by atoms with Crippen LogP contribution in [0.15, 0.2) is 48.0 Å². The van der Waals surface area contributed by atoms with Crippen LogP contribution in [0.2, 0.25) is 0 Å². The fourth-order valence-corrected chi connectivity index (χ4v) is 6.92. The summed E-state index contributed by atoms with van der Waals surface area (Å²) in [5.41, 5.74) is 7.46. The molecule has 3 atom stereocenters. The number of hydrogen-bond donors (Lipinski definition) is 2. The molecule has 0 spiro atoms. The Bertz CT molecular complexity index is 1470. The van der Waals surface area contributed by atoms with Crippen molar-refractivity contribution < 1.29 is 24.2 Å². The van der Waals surface area contributed by atoms with Gasteiger partial charge in [-0.1, -0.05) is 50.2 Å². The zero-order valence-corrected chi connectivity index (χ0v) is 26.0. The molecule has 9 nitrogen and oxygen atoms in total. The molecule has 5 rings (SSSR count). The third-order valence-corrected chi connectivity index (χ3v) is 9.31. The Labute approximate surface area is 256 Å². The van der Waals surface area contributed by atoms with Crippen molar-refractivity contribution in [3.05, 3.63) is 75.9 Å². The van der Waals surface area contributed by atoms with Gasteiger partial charge in [0.1, 0.15) is 12.1 Å². The first-order valence-corrected chi connectivity index (χ1v) is 15.7. The fraction of sp³-hybridized carbons (Fsp3) is 0.455. The van der Waals surface area contributed by atoms with Crippen LogP contribution in [0.1, 0.15) is 59.4 Å². The van der Waals surface area contributed by atoms with E-state index in [9.17, 15) is 19.5 Å². The molecule has 0 unspecified atom stereocenters. The number of aryl methyl sites for hydroxylation is 2. The minimum Gasteiger partial charge on any atom is -0.391 e. The number of rotatable bonds is 11. The summed E-state index contributed by atoms with van der Waals surface area (Å²) >= 11 is 1.59. The first-order valence-electron chi connectivity index (χ1n) is 14.8. The molecule has 2 N–H and O–H groups in total. The van der Waals surface area contributed by atoms with E-state index in [1.807, 2.05) is 68.7 Å². The highest BCUT2D eigenvalue weighted by molar-refractivity contribution is 7.13. The number of aliphatic hydroxyl groups excluding tert-OH is 1. The van der Waals surface area contributed by atoms with Gasteiger partial charge in [-0.15, -0.1) is 11.3 Å². The SMILES string of the molecule is COCCCc1ccc2c(c1)CN([C@H](C(=O)N1C[C@H](O)C[C@H]1C(=O)NCc1ccc(-c3scnc3C)cc1)C(C)C)C2=O. The second-order valence-electron chi connectivity index (χ2n) is 11.8. The number of hydrogen-bond acceptors (Lipinski definition) is 7. The van der Waals surface area contributed by atoms with Crippen molar-refractivity contribution >= 4 is 29.1 Å². The van der Waals surface area contributed by atoms with Gasteiger partial charge in [0, 0.05) is 45.3 Å². The standard InChI is InChI=1S/C33H40N4O5S/c1-20(2)29(37-17-25-14-22(6-5-13-42-4)9-12-27(25)32(37)40)33(41)36-18-26(38)15-28(36)31(39)34-16-23-7-10-24(11-8-23)30-21(3)35-19-43-30/h7-12,14,19-20,26,28-29,38H,5-6,13,15-18H2,1-4H3,(H,34,39)/t26-,28+,29+/m1/s1. The van der Waals surface area contributed by atoms with Gasteiger partial charge in [0.25, 0.3) is 5.91 Å². The fourth-order valence-electron chi connectivity index (χ4n) is 6.11. The molecule has 3 aromatic rings. The maximum atomic E-state index is 14.0. The van der Waals surface area contributed by atoms with Crippen LogP contribution in [0, 0.1) is 12.8 Å². The molecule has 3 heterocycles. The number of methoxy groups -OCH3 is 1. The summed E-state index contributed by atoms with van der Waals surface area (Å²) in [5, 5.41) is 13.5. The van der Waals surface area contributed by atoms with E-state index >= 15 is 0 Å². The predicted molar refractivity (Wildman–Crippen MR) is 165 cm³/mol. The molecule has 2 aliphatic rings. The Morgan fingerprint density at radius 3 is 2.58 bits per heavy atom. The highest BCUT2D eigenvalue weighted by atomic mass is 32.1. The summed E-state index contributed by atoms with van der Waals surface area (Å²) in [6.07, 6.45) is 1.08. The summed E-state index contributed by atoms with van der Waals surface area (Å²) < 4.78 is 5.16. The topological polar surface area (TPSA) is 112 Å². The van der Waals surface area contributed by atoms with E-state index in [-0.39, 0.29) is 36.6 Å². The number of nitrogens with zero attached hydrogens (tertiary/aromatic N) is 3. The molecule has 0 saturated carbocycles. The Balaban J connectivity index is 1.26. The largest absolute Gasteiger partial charge is 0.391 e. The highest BCUT2D eigenvalue weighted by Crippen LogP contribution is 2.31. The Morgan fingerprint density at radius 1 is 1.16 bits per heavy atom. The highest BCUT2D eigenvalue weighted by Gasteiger charge is 2.45. The Kier molecular flexibility index (Phi) is 9.59. The van der Waals surface area contributed by atoms with Crippen LogP contribution in [0.4, 0.5) is 0 Å². The number of aliphatic hydroxyl groups is 1. The van der Waals surface area contributed by atoms with Gasteiger partial charge >= 0.3 is 0 Å². The van der Waals surface area contributed by atoms with Gasteiger partial charge < -0.3 is 25.0 Å². The van der Waals surface area contributed by atoms with Gasteiger partial charge in [-0.05, 0) is 54.0 Å². The molecule has 1 fully saturated rings. The lowest BCUT2D eigenvalue weighted by Gasteiger charge is -2.35. The van der Waals surface area contributed by atoms with Gasteiger partial charge in [-0.3, -0.25) is 14.4 Å². The van der Waals surface area contributed by atoms with Crippen molar-refractivity contribution in [2.24, 2.45) is 5.92 Å². The molecule has 0 aliphatic carbocycles. The summed E-state index contributed by atoms with van der Waals surface area (Å²) in [4.78, 5) is 49.4. The molecule has 3 amide bonds. The molecule has 2 aliphatic heterocycles. The van der Waals surface area contributed by atoms with Crippen molar-refractivity contribution in [3.8, 4) is 10.4 Å².